The van der Waals surface area contributed by atoms with Crippen LogP contribution in [0.5, 0.6) is 5.75 Å². The average Bonchev–Trinajstić information content (AvgIpc) is 2.67. The van der Waals surface area contributed by atoms with Gasteiger partial charge in [-0.2, -0.15) is 0 Å². The summed E-state index contributed by atoms with van der Waals surface area (Å²) in [6.07, 6.45) is 1.54. The van der Waals surface area contributed by atoms with Crippen LogP contribution in [0.3, 0.4) is 0 Å². The number of ether oxygens (including phenoxy) is 1. The smallest absolute Gasteiger partial charge is 0.274 e. The lowest BCUT2D eigenvalue weighted by molar-refractivity contribution is 0.102. The SMILES string of the molecule is COc1ccc(Cl)cc1NC(=O)c1ccnc(NCc2cccc(C)c2)n1. The van der Waals surface area contributed by atoms with Gasteiger partial charge in [-0.15, -0.1) is 0 Å². The first-order valence-electron chi connectivity index (χ1n) is 8.32. The lowest BCUT2D eigenvalue weighted by atomic mass is 10.1. The summed E-state index contributed by atoms with van der Waals surface area (Å²) in [5, 5.41) is 6.39. The maximum absolute atomic E-state index is 12.5. The third-order valence-electron chi connectivity index (χ3n) is 3.83. The first kappa shape index (κ1) is 18.7. The summed E-state index contributed by atoms with van der Waals surface area (Å²) < 4.78 is 5.24. The Hall–Kier alpha value is -3.12. The van der Waals surface area contributed by atoms with Crippen molar-refractivity contribution in [2.24, 2.45) is 0 Å². The highest BCUT2D eigenvalue weighted by Crippen LogP contribution is 2.28. The van der Waals surface area contributed by atoms with Crippen molar-refractivity contribution in [3.05, 3.63) is 76.6 Å². The zero-order chi connectivity index (χ0) is 19.2. The summed E-state index contributed by atoms with van der Waals surface area (Å²) in [7, 11) is 1.52. The Balaban J connectivity index is 1.71. The van der Waals surface area contributed by atoms with Gasteiger partial charge < -0.3 is 15.4 Å². The molecule has 1 amide bonds. The van der Waals surface area contributed by atoms with Gasteiger partial charge in [0.1, 0.15) is 11.4 Å². The van der Waals surface area contributed by atoms with Crippen molar-refractivity contribution in [1.29, 1.82) is 0 Å². The Morgan fingerprint density at radius 3 is 2.81 bits per heavy atom. The highest BCUT2D eigenvalue weighted by molar-refractivity contribution is 6.31. The third-order valence-corrected chi connectivity index (χ3v) is 4.07. The average molecular weight is 383 g/mol. The second-order valence-corrected chi connectivity index (χ2v) is 6.34. The second kappa shape index (κ2) is 8.51. The maximum Gasteiger partial charge on any atom is 0.274 e. The molecule has 2 N–H and O–H groups in total. The van der Waals surface area contributed by atoms with E-state index in [-0.39, 0.29) is 11.6 Å². The molecule has 0 unspecified atom stereocenters. The van der Waals surface area contributed by atoms with Crippen molar-refractivity contribution in [1.82, 2.24) is 9.97 Å². The molecule has 0 bridgehead atoms. The van der Waals surface area contributed by atoms with E-state index in [1.165, 1.54) is 18.9 Å². The maximum atomic E-state index is 12.5. The lowest BCUT2D eigenvalue weighted by Gasteiger charge is -2.11. The predicted octanol–water partition coefficient (Wildman–Crippen LogP) is 4.31. The van der Waals surface area contributed by atoms with Gasteiger partial charge in [0, 0.05) is 17.8 Å². The molecule has 0 aliphatic carbocycles. The van der Waals surface area contributed by atoms with Crippen LogP contribution in [0.4, 0.5) is 11.6 Å². The van der Waals surface area contributed by atoms with Gasteiger partial charge >= 0.3 is 0 Å². The second-order valence-electron chi connectivity index (χ2n) is 5.91. The monoisotopic (exact) mass is 382 g/mol. The summed E-state index contributed by atoms with van der Waals surface area (Å²) in [4.78, 5) is 21.0. The number of nitrogens with one attached hydrogen (secondary N) is 2. The van der Waals surface area contributed by atoms with E-state index in [1.807, 2.05) is 25.1 Å². The summed E-state index contributed by atoms with van der Waals surface area (Å²) in [6.45, 7) is 2.60. The van der Waals surface area contributed by atoms with Gasteiger partial charge in [-0.05, 0) is 36.8 Å². The van der Waals surface area contributed by atoms with Crippen molar-refractivity contribution < 1.29 is 9.53 Å². The van der Waals surface area contributed by atoms with Crippen LogP contribution in [-0.2, 0) is 6.54 Å². The molecule has 27 heavy (non-hydrogen) atoms. The highest BCUT2D eigenvalue weighted by atomic mass is 35.5. The summed E-state index contributed by atoms with van der Waals surface area (Å²) in [6, 6.07) is 14.7. The van der Waals surface area contributed by atoms with Gasteiger partial charge in [-0.25, -0.2) is 9.97 Å². The Morgan fingerprint density at radius 2 is 2.04 bits per heavy atom. The fourth-order valence-electron chi connectivity index (χ4n) is 2.54. The number of carbonyl (C=O) groups is 1. The van der Waals surface area contributed by atoms with Gasteiger partial charge in [-0.1, -0.05) is 41.4 Å². The number of hydrogen-bond donors (Lipinski definition) is 2. The van der Waals surface area contributed by atoms with Gasteiger partial charge in [0.25, 0.3) is 5.91 Å². The van der Waals surface area contributed by atoms with E-state index in [9.17, 15) is 4.79 Å². The molecule has 7 heteroatoms. The Labute approximate surface area is 162 Å². The first-order chi connectivity index (χ1) is 13.0. The number of carbonyl (C=O) groups excluding carboxylic acids is 1. The molecule has 6 nitrogen and oxygen atoms in total. The van der Waals surface area contributed by atoms with E-state index in [2.05, 4.69) is 26.7 Å². The lowest BCUT2D eigenvalue weighted by Crippen LogP contribution is -2.16. The first-order valence-corrected chi connectivity index (χ1v) is 8.70. The number of hydrogen-bond acceptors (Lipinski definition) is 5. The molecule has 0 radical (unpaired) electrons. The standard InChI is InChI=1S/C20H19ClN4O2/c1-13-4-3-5-14(10-13)12-23-20-22-9-8-16(25-20)19(26)24-17-11-15(21)6-7-18(17)27-2/h3-11H,12H2,1-2H3,(H,24,26)(H,22,23,25). The molecule has 0 saturated heterocycles. The van der Waals surface area contributed by atoms with E-state index >= 15 is 0 Å². The third kappa shape index (κ3) is 4.95. The minimum atomic E-state index is -0.378. The molecule has 0 spiro atoms. The number of halogens is 1. The Bertz CT molecular complexity index is 962. The van der Waals surface area contributed by atoms with Gasteiger partial charge in [0.15, 0.2) is 0 Å². The molecule has 3 aromatic rings. The fourth-order valence-corrected chi connectivity index (χ4v) is 2.71. The van der Waals surface area contributed by atoms with Crippen LogP contribution in [0.15, 0.2) is 54.7 Å². The normalized spacial score (nSPS) is 10.3. The largest absolute Gasteiger partial charge is 0.495 e. The van der Waals surface area contributed by atoms with Crippen LogP contribution < -0.4 is 15.4 Å². The van der Waals surface area contributed by atoms with E-state index in [0.29, 0.717) is 29.0 Å². The zero-order valence-electron chi connectivity index (χ0n) is 15.0. The molecular formula is C20H19ClN4O2. The number of anilines is 2. The minimum absolute atomic E-state index is 0.235. The van der Waals surface area contributed by atoms with Crippen LogP contribution in [0.1, 0.15) is 21.6 Å². The van der Waals surface area contributed by atoms with Crippen LogP contribution in [0.25, 0.3) is 0 Å². The number of rotatable bonds is 6. The van der Waals surface area contributed by atoms with E-state index < -0.39 is 0 Å². The van der Waals surface area contributed by atoms with Crippen LogP contribution in [0.2, 0.25) is 5.02 Å². The van der Waals surface area contributed by atoms with E-state index in [0.717, 1.165) is 5.56 Å². The van der Waals surface area contributed by atoms with Crippen molar-refractivity contribution in [3.8, 4) is 5.75 Å². The van der Waals surface area contributed by atoms with Gasteiger partial charge in [0.2, 0.25) is 5.95 Å². The van der Waals surface area contributed by atoms with Crippen molar-refractivity contribution >= 4 is 29.1 Å². The molecule has 138 valence electrons. The Kier molecular flexibility index (Phi) is 5.88. The van der Waals surface area contributed by atoms with Crippen molar-refractivity contribution in [3.63, 3.8) is 0 Å². The molecule has 0 fully saturated rings. The Morgan fingerprint density at radius 1 is 1.19 bits per heavy atom. The number of methoxy groups -OCH3 is 1. The topological polar surface area (TPSA) is 76.1 Å². The molecular weight excluding hydrogens is 364 g/mol. The number of benzene rings is 2. The number of nitrogens with zero attached hydrogens (tertiary/aromatic N) is 2. The summed E-state index contributed by atoms with van der Waals surface area (Å²) >= 11 is 6.00. The molecule has 1 heterocycles. The van der Waals surface area contributed by atoms with Crippen molar-refractivity contribution in [2.75, 3.05) is 17.7 Å². The minimum Gasteiger partial charge on any atom is -0.495 e. The fraction of sp³-hybridized carbons (Fsp3) is 0.150. The predicted molar refractivity (Wildman–Crippen MR) is 106 cm³/mol. The molecule has 3 rings (SSSR count). The molecule has 0 aliphatic rings. The highest BCUT2D eigenvalue weighted by Gasteiger charge is 2.12. The van der Waals surface area contributed by atoms with Crippen LogP contribution in [0, 0.1) is 6.92 Å². The quantitative estimate of drug-likeness (QED) is 0.664. The molecule has 0 saturated carbocycles. The zero-order valence-corrected chi connectivity index (χ0v) is 15.7. The number of aromatic nitrogens is 2. The van der Waals surface area contributed by atoms with Crippen LogP contribution >= 0.6 is 11.6 Å². The van der Waals surface area contributed by atoms with E-state index in [1.54, 1.807) is 24.3 Å². The molecule has 1 aromatic heterocycles. The van der Waals surface area contributed by atoms with E-state index in [4.69, 9.17) is 16.3 Å². The number of amides is 1. The van der Waals surface area contributed by atoms with Gasteiger partial charge in [0.05, 0.1) is 12.8 Å². The summed E-state index contributed by atoms with van der Waals surface area (Å²) in [5.74, 6) is 0.512. The molecule has 2 aromatic carbocycles. The molecule has 0 aliphatic heterocycles. The van der Waals surface area contributed by atoms with Crippen LogP contribution in [-0.4, -0.2) is 23.0 Å². The van der Waals surface area contributed by atoms with Crippen molar-refractivity contribution in [2.45, 2.75) is 13.5 Å². The summed E-state index contributed by atoms with van der Waals surface area (Å²) in [5.41, 5.74) is 3.00. The van der Waals surface area contributed by atoms with Gasteiger partial charge in [-0.3, -0.25) is 4.79 Å². The number of aryl methyl sites for hydroxylation is 1. The molecule has 0 atom stereocenters.